The Bertz CT molecular complexity index is 538. The highest BCUT2D eigenvalue weighted by molar-refractivity contribution is 7.07. The fourth-order valence-electron chi connectivity index (χ4n) is 1.62. The van der Waals surface area contributed by atoms with Crippen LogP contribution in [0.2, 0.25) is 0 Å². The van der Waals surface area contributed by atoms with Crippen LogP contribution in [0.15, 0.2) is 35.0 Å². The van der Waals surface area contributed by atoms with E-state index in [4.69, 9.17) is 10.8 Å². The van der Waals surface area contributed by atoms with Gasteiger partial charge in [-0.1, -0.05) is 0 Å². The SMILES string of the molecule is Nc1ccc(C(=O)O)cc1NCCc1ccsc1. The first-order chi connectivity index (χ1) is 8.66. The summed E-state index contributed by atoms with van der Waals surface area (Å²) in [6.07, 6.45) is 0.889. The second kappa shape index (κ2) is 5.55. The molecule has 5 heteroatoms. The molecule has 2 aromatic rings. The highest BCUT2D eigenvalue weighted by atomic mass is 32.1. The second-order valence-corrected chi connectivity index (χ2v) is 4.70. The summed E-state index contributed by atoms with van der Waals surface area (Å²) in [7, 11) is 0. The molecule has 0 amide bonds. The molecule has 0 aliphatic heterocycles. The molecule has 94 valence electrons. The van der Waals surface area contributed by atoms with E-state index in [-0.39, 0.29) is 5.56 Å². The van der Waals surface area contributed by atoms with Gasteiger partial charge in [-0.3, -0.25) is 0 Å². The number of nitrogens with two attached hydrogens (primary N) is 1. The Hall–Kier alpha value is -2.01. The normalized spacial score (nSPS) is 10.2. The molecule has 0 spiro atoms. The summed E-state index contributed by atoms with van der Waals surface area (Å²) in [5.74, 6) is -0.948. The lowest BCUT2D eigenvalue weighted by Gasteiger charge is -2.09. The number of carbonyl (C=O) groups is 1. The van der Waals surface area contributed by atoms with Crippen LogP contribution in [-0.2, 0) is 6.42 Å². The van der Waals surface area contributed by atoms with Gasteiger partial charge in [0.05, 0.1) is 16.9 Å². The Labute approximate surface area is 109 Å². The summed E-state index contributed by atoms with van der Waals surface area (Å²) in [6, 6.07) is 6.74. The molecule has 0 saturated carbocycles. The number of thiophene rings is 1. The summed E-state index contributed by atoms with van der Waals surface area (Å²) >= 11 is 1.67. The molecule has 0 radical (unpaired) electrons. The van der Waals surface area contributed by atoms with Gasteiger partial charge in [0.25, 0.3) is 0 Å². The molecular weight excluding hydrogens is 248 g/mol. The maximum Gasteiger partial charge on any atom is 0.335 e. The molecule has 4 N–H and O–H groups in total. The minimum Gasteiger partial charge on any atom is -0.478 e. The second-order valence-electron chi connectivity index (χ2n) is 3.92. The molecule has 2 rings (SSSR count). The highest BCUT2D eigenvalue weighted by Gasteiger charge is 2.06. The first-order valence-corrected chi connectivity index (χ1v) is 6.49. The quantitative estimate of drug-likeness (QED) is 0.724. The molecule has 1 heterocycles. The van der Waals surface area contributed by atoms with E-state index in [0.717, 1.165) is 13.0 Å². The van der Waals surface area contributed by atoms with Crippen molar-refractivity contribution in [2.75, 3.05) is 17.6 Å². The number of rotatable bonds is 5. The lowest BCUT2D eigenvalue weighted by molar-refractivity contribution is 0.0697. The lowest BCUT2D eigenvalue weighted by Crippen LogP contribution is -2.08. The third kappa shape index (κ3) is 3.01. The Morgan fingerprint density at radius 1 is 1.39 bits per heavy atom. The van der Waals surface area contributed by atoms with E-state index in [0.29, 0.717) is 11.4 Å². The number of hydrogen-bond donors (Lipinski definition) is 3. The smallest absolute Gasteiger partial charge is 0.335 e. The van der Waals surface area contributed by atoms with Crippen LogP contribution in [-0.4, -0.2) is 17.6 Å². The highest BCUT2D eigenvalue weighted by Crippen LogP contribution is 2.20. The molecule has 0 fully saturated rings. The number of carboxylic acids is 1. The van der Waals surface area contributed by atoms with Crippen molar-refractivity contribution in [1.29, 1.82) is 0 Å². The van der Waals surface area contributed by atoms with Gasteiger partial charge in [-0.05, 0) is 47.0 Å². The van der Waals surface area contributed by atoms with Crippen molar-refractivity contribution in [1.82, 2.24) is 0 Å². The molecule has 18 heavy (non-hydrogen) atoms. The van der Waals surface area contributed by atoms with Crippen molar-refractivity contribution >= 4 is 28.7 Å². The lowest BCUT2D eigenvalue weighted by atomic mass is 10.1. The summed E-state index contributed by atoms with van der Waals surface area (Å²) in [5.41, 5.74) is 8.53. The molecule has 0 unspecified atom stereocenters. The van der Waals surface area contributed by atoms with Crippen molar-refractivity contribution < 1.29 is 9.90 Å². The Morgan fingerprint density at radius 2 is 2.22 bits per heavy atom. The average molecular weight is 262 g/mol. The monoisotopic (exact) mass is 262 g/mol. The number of anilines is 2. The molecule has 0 bridgehead atoms. The van der Waals surface area contributed by atoms with E-state index < -0.39 is 5.97 Å². The van der Waals surface area contributed by atoms with Gasteiger partial charge in [-0.25, -0.2) is 4.79 Å². The third-order valence-corrected chi connectivity index (χ3v) is 3.34. The number of aromatic carboxylic acids is 1. The van der Waals surface area contributed by atoms with Gasteiger partial charge in [0.15, 0.2) is 0 Å². The van der Waals surface area contributed by atoms with Gasteiger partial charge in [0, 0.05) is 6.54 Å². The van der Waals surface area contributed by atoms with Gasteiger partial charge in [0.1, 0.15) is 0 Å². The molecule has 0 aliphatic rings. The predicted molar refractivity (Wildman–Crippen MR) is 74.3 cm³/mol. The van der Waals surface area contributed by atoms with E-state index >= 15 is 0 Å². The van der Waals surface area contributed by atoms with Gasteiger partial charge in [0.2, 0.25) is 0 Å². The van der Waals surface area contributed by atoms with Gasteiger partial charge < -0.3 is 16.2 Å². The van der Waals surface area contributed by atoms with Gasteiger partial charge >= 0.3 is 5.97 Å². The summed E-state index contributed by atoms with van der Waals surface area (Å²) < 4.78 is 0. The van der Waals surface area contributed by atoms with Crippen LogP contribution >= 0.6 is 11.3 Å². The minimum absolute atomic E-state index is 0.238. The van der Waals surface area contributed by atoms with E-state index in [9.17, 15) is 4.79 Å². The number of hydrogen-bond acceptors (Lipinski definition) is 4. The van der Waals surface area contributed by atoms with E-state index in [2.05, 4.69) is 16.8 Å². The Balaban J connectivity index is 2.00. The van der Waals surface area contributed by atoms with Gasteiger partial charge in [-0.15, -0.1) is 0 Å². The minimum atomic E-state index is -0.948. The maximum atomic E-state index is 10.9. The van der Waals surface area contributed by atoms with Crippen LogP contribution in [0.3, 0.4) is 0 Å². The number of nitrogen functional groups attached to an aromatic ring is 1. The van der Waals surface area contributed by atoms with E-state index in [1.54, 1.807) is 23.5 Å². The largest absolute Gasteiger partial charge is 0.478 e. The maximum absolute atomic E-state index is 10.9. The Kier molecular flexibility index (Phi) is 3.84. The molecule has 0 atom stereocenters. The molecular formula is C13H14N2O2S. The molecule has 4 nitrogen and oxygen atoms in total. The average Bonchev–Trinajstić information content (AvgIpc) is 2.84. The molecule has 0 aliphatic carbocycles. The molecule has 0 saturated heterocycles. The first-order valence-electron chi connectivity index (χ1n) is 5.54. The number of carboxylic acid groups (broad SMARTS) is 1. The third-order valence-electron chi connectivity index (χ3n) is 2.61. The zero-order valence-corrected chi connectivity index (χ0v) is 10.5. The van der Waals surface area contributed by atoms with Crippen LogP contribution in [0, 0.1) is 0 Å². The Morgan fingerprint density at radius 3 is 2.89 bits per heavy atom. The topological polar surface area (TPSA) is 75.4 Å². The van der Waals surface area contributed by atoms with Crippen molar-refractivity contribution in [3.05, 3.63) is 46.2 Å². The van der Waals surface area contributed by atoms with Crippen LogP contribution in [0.4, 0.5) is 11.4 Å². The van der Waals surface area contributed by atoms with Crippen LogP contribution in [0.5, 0.6) is 0 Å². The fraction of sp³-hybridized carbons (Fsp3) is 0.154. The fourth-order valence-corrected chi connectivity index (χ4v) is 2.32. The summed E-state index contributed by atoms with van der Waals surface area (Å²) in [5, 5.41) is 16.2. The molecule has 1 aromatic carbocycles. The zero-order chi connectivity index (χ0) is 13.0. The van der Waals surface area contributed by atoms with E-state index in [1.165, 1.54) is 11.6 Å². The van der Waals surface area contributed by atoms with Crippen LogP contribution < -0.4 is 11.1 Å². The van der Waals surface area contributed by atoms with Crippen LogP contribution in [0.1, 0.15) is 15.9 Å². The molecule has 1 aromatic heterocycles. The summed E-state index contributed by atoms with van der Waals surface area (Å²) in [4.78, 5) is 10.9. The standard InChI is InChI=1S/C13H14N2O2S/c14-11-2-1-10(13(16)17)7-12(11)15-5-3-9-4-6-18-8-9/h1-2,4,6-8,15H,3,5,14H2,(H,16,17). The van der Waals surface area contributed by atoms with Crippen molar-refractivity contribution in [2.45, 2.75) is 6.42 Å². The van der Waals surface area contributed by atoms with Crippen molar-refractivity contribution in [2.24, 2.45) is 0 Å². The van der Waals surface area contributed by atoms with Gasteiger partial charge in [-0.2, -0.15) is 11.3 Å². The summed E-state index contributed by atoms with van der Waals surface area (Å²) in [6.45, 7) is 0.726. The van der Waals surface area contributed by atoms with Crippen molar-refractivity contribution in [3.8, 4) is 0 Å². The number of nitrogens with one attached hydrogen (secondary N) is 1. The van der Waals surface area contributed by atoms with E-state index in [1.807, 2.05) is 5.38 Å². The van der Waals surface area contributed by atoms with Crippen LogP contribution in [0.25, 0.3) is 0 Å². The number of benzene rings is 1. The zero-order valence-electron chi connectivity index (χ0n) is 9.72. The first kappa shape index (κ1) is 12.4. The predicted octanol–water partition coefficient (Wildman–Crippen LogP) is 2.68. The van der Waals surface area contributed by atoms with Crippen molar-refractivity contribution in [3.63, 3.8) is 0 Å².